The number of nitrogens with zero attached hydrogens (tertiary/aromatic N) is 3. The molecule has 5 nitrogen and oxygen atoms in total. The van der Waals surface area contributed by atoms with Gasteiger partial charge in [-0.1, -0.05) is 18.2 Å². The summed E-state index contributed by atoms with van der Waals surface area (Å²) in [6.07, 6.45) is 0. The maximum Gasteiger partial charge on any atom is 0.270 e. The molecule has 0 radical (unpaired) electrons. The lowest BCUT2D eigenvalue weighted by molar-refractivity contribution is 0.454. The van der Waals surface area contributed by atoms with Crippen LogP contribution in [0.2, 0.25) is 0 Å². The Morgan fingerprint density at radius 1 is 1.24 bits per heavy atom. The molecule has 0 spiro atoms. The number of hydrogen-bond donors (Lipinski definition) is 0. The zero-order valence-electron chi connectivity index (χ0n) is 12.2. The Hall–Kier alpha value is -1.89. The van der Waals surface area contributed by atoms with Crippen molar-refractivity contribution in [2.24, 2.45) is 0 Å². The van der Waals surface area contributed by atoms with Crippen molar-refractivity contribution in [3.63, 3.8) is 0 Å². The number of aromatic nitrogens is 2. The van der Waals surface area contributed by atoms with Gasteiger partial charge >= 0.3 is 0 Å². The summed E-state index contributed by atoms with van der Waals surface area (Å²) in [4.78, 5) is -0.352. The Balaban J connectivity index is 2.58. The summed E-state index contributed by atoms with van der Waals surface area (Å²) >= 11 is 0. The Morgan fingerprint density at radius 3 is 2.33 bits per heavy atom. The minimum atomic E-state index is -3.98. The van der Waals surface area contributed by atoms with Crippen molar-refractivity contribution < 1.29 is 12.8 Å². The van der Waals surface area contributed by atoms with E-state index >= 15 is 0 Å². The second-order valence-corrected chi connectivity index (χ2v) is 6.33. The van der Waals surface area contributed by atoms with Gasteiger partial charge in [0.2, 0.25) is 5.95 Å². The predicted molar refractivity (Wildman–Crippen MR) is 79.2 cm³/mol. The van der Waals surface area contributed by atoms with Gasteiger partial charge in [-0.15, -0.1) is 0 Å². The number of rotatable bonds is 5. The average Bonchev–Trinajstić information content (AvgIpc) is 2.75. The molecule has 2 rings (SSSR count). The van der Waals surface area contributed by atoms with E-state index in [1.807, 2.05) is 0 Å². The molecule has 0 amide bonds. The average molecular weight is 311 g/mol. The first-order valence-corrected chi connectivity index (χ1v) is 8.18. The predicted octanol–water partition coefficient (Wildman–Crippen LogP) is 2.57. The lowest BCUT2D eigenvalue weighted by atomic mass is 10.3. The van der Waals surface area contributed by atoms with Gasteiger partial charge in [-0.2, -0.15) is 9.49 Å². The van der Waals surface area contributed by atoms with Crippen LogP contribution >= 0.6 is 0 Å². The lowest BCUT2D eigenvalue weighted by Crippen LogP contribution is -2.31. The highest BCUT2D eigenvalue weighted by Gasteiger charge is 2.32. The molecule has 0 unspecified atom stereocenters. The third-order valence-corrected chi connectivity index (χ3v) is 5.22. The molecule has 0 atom stereocenters. The van der Waals surface area contributed by atoms with Crippen molar-refractivity contribution in [3.8, 4) is 0 Å². The number of anilines is 1. The van der Waals surface area contributed by atoms with E-state index in [1.54, 1.807) is 44.2 Å². The van der Waals surface area contributed by atoms with Gasteiger partial charge in [0.15, 0.2) is 4.90 Å². The van der Waals surface area contributed by atoms with Gasteiger partial charge < -0.3 is 0 Å². The van der Waals surface area contributed by atoms with Gasteiger partial charge in [0.05, 0.1) is 11.4 Å². The minimum absolute atomic E-state index is 0.170. The van der Waals surface area contributed by atoms with E-state index in [0.717, 1.165) is 4.68 Å². The van der Waals surface area contributed by atoms with E-state index in [9.17, 15) is 12.8 Å². The molecule has 0 N–H and O–H groups in total. The zero-order valence-corrected chi connectivity index (χ0v) is 13.1. The van der Waals surface area contributed by atoms with Crippen molar-refractivity contribution in [1.82, 2.24) is 9.78 Å². The van der Waals surface area contributed by atoms with E-state index in [0.29, 0.717) is 5.69 Å². The van der Waals surface area contributed by atoms with Gasteiger partial charge in [-0.3, -0.25) is 4.31 Å². The Morgan fingerprint density at radius 2 is 1.86 bits per heavy atom. The quantitative estimate of drug-likeness (QED) is 0.853. The van der Waals surface area contributed by atoms with Gasteiger partial charge in [0, 0.05) is 13.1 Å². The fourth-order valence-corrected chi connectivity index (χ4v) is 3.93. The van der Waals surface area contributed by atoms with Crippen LogP contribution in [0.5, 0.6) is 0 Å². The number of para-hydroxylation sites is 1. The van der Waals surface area contributed by atoms with Crippen LogP contribution in [0, 0.1) is 12.9 Å². The second-order valence-electron chi connectivity index (χ2n) is 4.53. The number of benzene rings is 1. The Kier molecular flexibility index (Phi) is 4.32. The van der Waals surface area contributed by atoms with Crippen molar-refractivity contribution in [2.45, 2.75) is 32.2 Å². The molecule has 1 aromatic carbocycles. The van der Waals surface area contributed by atoms with E-state index in [4.69, 9.17) is 0 Å². The fraction of sp³-hybridized carbons (Fsp3) is 0.357. The molecule has 7 heteroatoms. The molecular weight excluding hydrogens is 293 g/mol. The van der Waals surface area contributed by atoms with Crippen LogP contribution < -0.4 is 4.31 Å². The number of sulfonamides is 1. The normalized spacial score (nSPS) is 11.6. The molecule has 1 aromatic heterocycles. The van der Waals surface area contributed by atoms with Gasteiger partial charge in [0.25, 0.3) is 10.0 Å². The summed E-state index contributed by atoms with van der Waals surface area (Å²) in [6, 6.07) is 8.64. The van der Waals surface area contributed by atoms with E-state index in [2.05, 4.69) is 5.10 Å². The summed E-state index contributed by atoms with van der Waals surface area (Å²) < 4.78 is 42.1. The maximum absolute atomic E-state index is 14.3. The largest absolute Gasteiger partial charge is 0.270 e. The molecule has 1 heterocycles. The molecule has 0 saturated carbocycles. The highest BCUT2D eigenvalue weighted by Crippen LogP contribution is 2.27. The SMILES string of the molecule is CCN(c1ccccc1)S(=O)(=O)c1c(C)nn(CC)c1F. The highest BCUT2D eigenvalue weighted by atomic mass is 32.2. The van der Waals surface area contributed by atoms with Crippen molar-refractivity contribution in [2.75, 3.05) is 10.8 Å². The molecular formula is C14H18FN3O2S. The number of hydrogen-bond acceptors (Lipinski definition) is 3. The molecule has 2 aromatic rings. The molecule has 0 fully saturated rings. The smallest absolute Gasteiger partial charge is 0.266 e. The summed E-state index contributed by atoms with van der Waals surface area (Å²) in [5.74, 6) is -0.815. The van der Waals surface area contributed by atoms with Crippen LogP contribution in [-0.4, -0.2) is 24.7 Å². The Bertz CT molecular complexity index is 726. The molecule has 0 aliphatic carbocycles. The van der Waals surface area contributed by atoms with Crippen LogP contribution in [0.3, 0.4) is 0 Å². The molecule has 0 saturated heterocycles. The maximum atomic E-state index is 14.3. The van der Waals surface area contributed by atoms with E-state index in [-0.39, 0.29) is 23.7 Å². The first-order valence-electron chi connectivity index (χ1n) is 6.74. The van der Waals surface area contributed by atoms with Crippen molar-refractivity contribution in [3.05, 3.63) is 42.0 Å². The first-order chi connectivity index (χ1) is 9.93. The van der Waals surface area contributed by atoms with E-state index in [1.165, 1.54) is 11.2 Å². The molecule has 0 aliphatic heterocycles. The number of halogens is 1. The van der Waals surface area contributed by atoms with Crippen LogP contribution in [0.1, 0.15) is 19.5 Å². The minimum Gasteiger partial charge on any atom is -0.266 e. The molecule has 0 aliphatic rings. The van der Waals surface area contributed by atoms with Crippen molar-refractivity contribution >= 4 is 15.7 Å². The van der Waals surface area contributed by atoms with Crippen LogP contribution in [0.15, 0.2) is 35.2 Å². The monoisotopic (exact) mass is 311 g/mol. The Labute approximate surface area is 124 Å². The highest BCUT2D eigenvalue weighted by molar-refractivity contribution is 7.92. The standard InChI is InChI=1S/C14H18FN3O2S/c1-4-17-14(15)13(11(3)16-17)21(19,20)18(5-2)12-9-7-6-8-10-12/h6-10H,4-5H2,1-3H3. The van der Waals surface area contributed by atoms with Crippen molar-refractivity contribution in [1.29, 1.82) is 0 Å². The molecule has 114 valence electrons. The molecule has 0 bridgehead atoms. The van der Waals surface area contributed by atoms with Crippen LogP contribution in [-0.2, 0) is 16.6 Å². The fourth-order valence-electron chi connectivity index (χ4n) is 2.24. The summed E-state index contributed by atoms with van der Waals surface area (Å²) in [5.41, 5.74) is 0.673. The first kappa shape index (κ1) is 15.5. The zero-order chi connectivity index (χ0) is 15.6. The molecule has 21 heavy (non-hydrogen) atoms. The van der Waals surface area contributed by atoms with Gasteiger partial charge in [0.1, 0.15) is 0 Å². The second kappa shape index (κ2) is 5.85. The van der Waals surface area contributed by atoms with E-state index < -0.39 is 16.0 Å². The lowest BCUT2D eigenvalue weighted by Gasteiger charge is -2.22. The summed E-state index contributed by atoms with van der Waals surface area (Å²) in [7, 11) is -3.98. The number of aryl methyl sites for hydroxylation is 2. The third-order valence-electron chi connectivity index (χ3n) is 3.19. The van der Waals surface area contributed by atoms with Crippen LogP contribution in [0.4, 0.5) is 10.1 Å². The summed E-state index contributed by atoms with van der Waals surface area (Å²) in [5, 5.41) is 3.94. The van der Waals surface area contributed by atoms with Gasteiger partial charge in [-0.25, -0.2) is 13.1 Å². The topological polar surface area (TPSA) is 55.2 Å². The van der Waals surface area contributed by atoms with Crippen LogP contribution in [0.25, 0.3) is 0 Å². The van der Waals surface area contributed by atoms with Gasteiger partial charge in [-0.05, 0) is 32.9 Å². The summed E-state index contributed by atoms with van der Waals surface area (Å²) in [6.45, 7) is 5.41. The third kappa shape index (κ3) is 2.65.